The van der Waals surface area contributed by atoms with Crippen molar-refractivity contribution in [1.82, 2.24) is 5.32 Å². The minimum absolute atomic E-state index is 0.128. The molecule has 0 saturated heterocycles. The molecule has 0 fully saturated rings. The fourth-order valence-electron chi connectivity index (χ4n) is 2.28. The van der Waals surface area contributed by atoms with Crippen molar-refractivity contribution in [3.8, 4) is 0 Å². The standard InChI is InChI=1S/C15H22N2O2/c1-3-15(19,4-2)10-17-14(18)12-6-5-11-7-8-16-13(11)9-12/h5-6,9,16,19H,3-4,7-8,10H2,1-2H3,(H,17,18). The van der Waals surface area contributed by atoms with E-state index in [0.29, 0.717) is 24.9 Å². The highest BCUT2D eigenvalue weighted by Gasteiger charge is 2.23. The van der Waals surface area contributed by atoms with E-state index >= 15 is 0 Å². The molecule has 0 aliphatic carbocycles. The lowest BCUT2D eigenvalue weighted by atomic mass is 9.97. The second kappa shape index (κ2) is 5.61. The second-order valence-electron chi connectivity index (χ2n) is 5.16. The largest absolute Gasteiger partial charge is 0.388 e. The highest BCUT2D eigenvalue weighted by atomic mass is 16.3. The maximum Gasteiger partial charge on any atom is 0.251 e. The molecule has 0 radical (unpaired) electrons. The molecule has 4 nitrogen and oxygen atoms in total. The van der Waals surface area contributed by atoms with Crippen LogP contribution < -0.4 is 10.6 Å². The topological polar surface area (TPSA) is 61.4 Å². The van der Waals surface area contributed by atoms with E-state index in [1.165, 1.54) is 5.56 Å². The van der Waals surface area contributed by atoms with Gasteiger partial charge in [-0.3, -0.25) is 4.79 Å². The molecule has 19 heavy (non-hydrogen) atoms. The highest BCUT2D eigenvalue weighted by Crippen LogP contribution is 2.23. The smallest absolute Gasteiger partial charge is 0.251 e. The van der Waals surface area contributed by atoms with Gasteiger partial charge in [-0.05, 0) is 37.0 Å². The Kier molecular flexibility index (Phi) is 4.10. The van der Waals surface area contributed by atoms with Crippen molar-refractivity contribution in [1.29, 1.82) is 0 Å². The fourth-order valence-corrected chi connectivity index (χ4v) is 2.28. The van der Waals surface area contributed by atoms with Crippen LogP contribution in [-0.4, -0.2) is 29.7 Å². The predicted molar refractivity (Wildman–Crippen MR) is 76.5 cm³/mol. The molecule has 104 valence electrons. The maximum absolute atomic E-state index is 12.1. The van der Waals surface area contributed by atoms with E-state index in [4.69, 9.17) is 0 Å². The van der Waals surface area contributed by atoms with Crippen molar-refractivity contribution < 1.29 is 9.90 Å². The summed E-state index contributed by atoms with van der Waals surface area (Å²) in [5, 5.41) is 16.2. The van der Waals surface area contributed by atoms with Crippen molar-refractivity contribution >= 4 is 11.6 Å². The SMILES string of the molecule is CCC(O)(CC)CNC(=O)c1ccc2c(c1)NCC2. The molecular weight excluding hydrogens is 240 g/mol. The van der Waals surface area contributed by atoms with Gasteiger partial charge in [-0.15, -0.1) is 0 Å². The third-order valence-electron chi connectivity index (χ3n) is 3.98. The summed E-state index contributed by atoms with van der Waals surface area (Å²) in [4.78, 5) is 12.1. The predicted octanol–water partition coefficient (Wildman–Crippen LogP) is 1.94. The average Bonchev–Trinajstić information content (AvgIpc) is 2.91. The molecule has 2 rings (SSSR count). The molecule has 0 spiro atoms. The number of carbonyl (C=O) groups excluding carboxylic acids is 1. The van der Waals surface area contributed by atoms with Gasteiger partial charge in [0.05, 0.1) is 5.60 Å². The van der Waals surface area contributed by atoms with E-state index in [1.807, 2.05) is 32.0 Å². The van der Waals surface area contributed by atoms with Gasteiger partial charge < -0.3 is 15.7 Å². The van der Waals surface area contributed by atoms with Gasteiger partial charge in [-0.1, -0.05) is 19.9 Å². The number of hydrogen-bond acceptors (Lipinski definition) is 3. The first-order chi connectivity index (χ1) is 9.08. The molecule has 4 heteroatoms. The van der Waals surface area contributed by atoms with Crippen molar-refractivity contribution in [2.75, 3.05) is 18.4 Å². The Morgan fingerprint density at radius 3 is 2.84 bits per heavy atom. The summed E-state index contributed by atoms with van der Waals surface area (Å²) in [5.74, 6) is -0.128. The molecule has 1 aliphatic heterocycles. The Morgan fingerprint density at radius 2 is 2.16 bits per heavy atom. The van der Waals surface area contributed by atoms with Crippen molar-refractivity contribution in [3.63, 3.8) is 0 Å². The quantitative estimate of drug-likeness (QED) is 0.760. The Balaban J connectivity index is 2.00. The summed E-state index contributed by atoms with van der Waals surface area (Å²) in [6.07, 6.45) is 2.29. The number of fused-ring (bicyclic) bond motifs is 1. The van der Waals surface area contributed by atoms with Crippen LogP contribution in [0.5, 0.6) is 0 Å². The Morgan fingerprint density at radius 1 is 1.42 bits per heavy atom. The number of carbonyl (C=O) groups is 1. The fraction of sp³-hybridized carbons (Fsp3) is 0.533. The lowest BCUT2D eigenvalue weighted by molar-refractivity contribution is 0.0314. The van der Waals surface area contributed by atoms with Crippen LogP contribution in [0, 0.1) is 0 Å². The monoisotopic (exact) mass is 262 g/mol. The molecule has 0 atom stereocenters. The molecule has 1 heterocycles. The maximum atomic E-state index is 12.1. The molecule has 0 saturated carbocycles. The number of aliphatic hydroxyl groups is 1. The van der Waals surface area contributed by atoms with E-state index in [0.717, 1.165) is 18.7 Å². The van der Waals surface area contributed by atoms with E-state index in [2.05, 4.69) is 10.6 Å². The van der Waals surface area contributed by atoms with Gasteiger partial charge in [0.1, 0.15) is 0 Å². The van der Waals surface area contributed by atoms with Gasteiger partial charge in [-0.25, -0.2) is 0 Å². The summed E-state index contributed by atoms with van der Waals surface area (Å²) in [5.41, 5.74) is 2.15. The van der Waals surface area contributed by atoms with Crippen LogP contribution in [0.1, 0.15) is 42.6 Å². The van der Waals surface area contributed by atoms with E-state index in [9.17, 15) is 9.90 Å². The van der Waals surface area contributed by atoms with Gasteiger partial charge in [0.25, 0.3) is 5.91 Å². The van der Waals surface area contributed by atoms with Crippen LogP contribution in [0.4, 0.5) is 5.69 Å². The summed E-state index contributed by atoms with van der Waals surface area (Å²) in [6, 6.07) is 5.73. The minimum Gasteiger partial charge on any atom is -0.388 e. The summed E-state index contributed by atoms with van der Waals surface area (Å²) < 4.78 is 0. The lowest BCUT2D eigenvalue weighted by Crippen LogP contribution is -2.42. The summed E-state index contributed by atoms with van der Waals surface area (Å²) in [7, 11) is 0. The first-order valence-corrected chi connectivity index (χ1v) is 6.95. The molecule has 3 N–H and O–H groups in total. The van der Waals surface area contributed by atoms with Crippen LogP contribution in [0.25, 0.3) is 0 Å². The number of anilines is 1. The molecule has 1 aromatic carbocycles. The zero-order valence-electron chi connectivity index (χ0n) is 11.6. The van der Waals surface area contributed by atoms with Crippen molar-refractivity contribution in [2.24, 2.45) is 0 Å². The van der Waals surface area contributed by atoms with Gasteiger partial charge >= 0.3 is 0 Å². The molecule has 0 aromatic heterocycles. The number of amides is 1. The number of hydrogen-bond donors (Lipinski definition) is 3. The summed E-state index contributed by atoms with van der Waals surface area (Å²) >= 11 is 0. The number of rotatable bonds is 5. The molecule has 1 aliphatic rings. The van der Waals surface area contributed by atoms with Gasteiger partial charge in [0.2, 0.25) is 0 Å². The normalized spacial score (nSPS) is 13.8. The van der Waals surface area contributed by atoms with E-state index < -0.39 is 5.60 Å². The van der Waals surface area contributed by atoms with Gasteiger partial charge in [-0.2, -0.15) is 0 Å². The first kappa shape index (κ1) is 13.9. The van der Waals surface area contributed by atoms with Gasteiger partial charge in [0.15, 0.2) is 0 Å². The van der Waals surface area contributed by atoms with E-state index in [1.54, 1.807) is 0 Å². The number of nitrogens with one attached hydrogen (secondary N) is 2. The molecular formula is C15H22N2O2. The van der Waals surface area contributed by atoms with Crippen molar-refractivity contribution in [2.45, 2.75) is 38.7 Å². The zero-order chi connectivity index (χ0) is 13.9. The number of benzene rings is 1. The zero-order valence-corrected chi connectivity index (χ0v) is 11.6. The average molecular weight is 262 g/mol. The Hall–Kier alpha value is -1.55. The molecule has 1 aromatic rings. The minimum atomic E-state index is -0.801. The van der Waals surface area contributed by atoms with Crippen molar-refractivity contribution in [3.05, 3.63) is 29.3 Å². The van der Waals surface area contributed by atoms with Crippen LogP contribution in [0.3, 0.4) is 0 Å². The van der Waals surface area contributed by atoms with Crippen LogP contribution >= 0.6 is 0 Å². The van der Waals surface area contributed by atoms with Crippen LogP contribution in [-0.2, 0) is 6.42 Å². The third kappa shape index (κ3) is 3.07. The molecule has 1 amide bonds. The Labute approximate surface area is 114 Å². The first-order valence-electron chi connectivity index (χ1n) is 6.95. The third-order valence-corrected chi connectivity index (χ3v) is 3.98. The Bertz CT molecular complexity index is 467. The molecule has 0 bridgehead atoms. The lowest BCUT2D eigenvalue weighted by Gasteiger charge is -2.25. The summed E-state index contributed by atoms with van der Waals surface area (Å²) in [6.45, 7) is 5.08. The highest BCUT2D eigenvalue weighted by molar-refractivity contribution is 5.95. The van der Waals surface area contributed by atoms with E-state index in [-0.39, 0.29) is 5.91 Å². The second-order valence-corrected chi connectivity index (χ2v) is 5.16. The molecule has 0 unspecified atom stereocenters. The van der Waals surface area contributed by atoms with Crippen LogP contribution in [0.2, 0.25) is 0 Å². The van der Waals surface area contributed by atoms with Gasteiger partial charge in [0, 0.05) is 24.3 Å². The van der Waals surface area contributed by atoms with Crippen LogP contribution in [0.15, 0.2) is 18.2 Å².